The van der Waals surface area contributed by atoms with Crippen molar-refractivity contribution < 1.29 is 33.3 Å². The first-order valence-electron chi connectivity index (χ1n) is 15.9. The second-order valence-electron chi connectivity index (χ2n) is 11.7. The minimum absolute atomic E-state index is 0.0160. The normalized spacial score (nSPS) is 23.3. The van der Waals surface area contributed by atoms with E-state index in [9.17, 15) is 9.59 Å². The monoisotopic (exact) mass is 624 g/mol. The smallest absolute Gasteiger partial charge is 0.434 e. The summed E-state index contributed by atoms with van der Waals surface area (Å²) in [6, 6.07) is 6.06. The molecule has 0 unspecified atom stereocenters. The second kappa shape index (κ2) is 18.9. The molecule has 0 heterocycles. The largest absolute Gasteiger partial charge is 0.513 e. The van der Waals surface area contributed by atoms with Gasteiger partial charge in [0, 0.05) is 16.9 Å². The number of hydrogen-bond donors (Lipinski definition) is 0. The van der Waals surface area contributed by atoms with Crippen molar-refractivity contribution >= 4 is 35.8 Å². The van der Waals surface area contributed by atoms with Crippen molar-refractivity contribution in [3.63, 3.8) is 0 Å². The van der Waals surface area contributed by atoms with Crippen LogP contribution in [0, 0.1) is 11.3 Å². The van der Waals surface area contributed by atoms with Gasteiger partial charge in [0.1, 0.15) is 11.9 Å². The van der Waals surface area contributed by atoms with E-state index >= 15 is 0 Å². The first kappa shape index (κ1) is 34.9. The lowest BCUT2D eigenvalue weighted by atomic mass is 9.63. The molecule has 2 aliphatic rings. The summed E-state index contributed by atoms with van der Waals surface area (Å²) >= 11 is 3.62. The first-order valence-corrected chi connectivity index (χ1v) is 18.4. The van der Waals surface area contributed by atoms with Crippen LogP contribution in [0.4, 0.5) is 9.59 Å². The Labute approximate surface area is 261 Å². The number of carbonyl (C=O) groups excluding carboxylic acids is 2. The number of hydrogen-bond acceptors (Lipinski definition) is 9. The van der Waals surface area contributed by atoms with Gasteiger partial charge in [-0.15, -0.1) is 0 Å². The van der Waals surface area contributed by atoms with Gasteiger partial charge in [0.15, 0.2) is 0 Å². The standard InChI is InChI=1S/C33H52O7S2/c1-5-7-16-37-31(34)39-28-11-12-29(25(24-28)9-6-2)26-14-15-33(3)27(23-26)10-13-30(33)40-32(35)38-17-8-20-42-22-19-36-18-21-41-4/h11-12,24,26-27,30H,5-10,13-23H2,1-4H3/t26-,27-,30-,33-/m1/s1. The summed E-state index contributed by atoms with van der Waals surface area (Å²) in [5.74, 6) is 4.45. The highest BCUT2D eigenvalue weighted by atomic mass is 32.2. The molecule has 7 nitrogen and oxygen atoms in total. The number of fused-ring (bicyclic) bond motifs is 1. The van der Waals surface area contributed by atoms with Crippen molar-refractivity contribution in [1.82, 2.24) is 0 Å². The summed E-state index contributed by atoms with van der Waals surface area (Å²) in [7, 11) is 0. The predicted molar refractivity (Wildman–Crippen MR) is 172 cm³/mol. The molecule has 0 N–H and O–H groups in total. The quantitative estimate of drug-likeness (QED) is 0.0905. The number of ether oxygens (including phenoxy) is 5. The van der Waals surface area contributed by atoms with E-state index in [1.807, 2.05) is 23.9 Å². The zero-order valence-corrected chi connectivity index (χ0v) is 27.8. The highest BCUT2D eigenvalue weighted by molar-refractivity contribution is 7.99. The van der Waals surface area contributed by atoms with Gasteiger partial charge in [-0.25, -0.2) is 9.59 Å². The minimum atomic E-state index is -0.635. The summed E-state index contributed by atoms with van der Waals surface area (Å²) in [5.41, 5.74) is 2.59. The lowest BCUT2D eigenvalue weighted by Gasteiger charge is -2.43. The zero-order valence-electron chi connectivity index (χ0n) is 26.2. The van der Waals surface area contributed by atoms with Gasteiger partial charge in [0.25, 0.3) is 0 Å². The topological polar surface area (TPSA) is 80.3 Å². The van der Waals surface area contributed by atoms with Crippen molar-refractivity contribution in [2.24, 2.45) is 11.3 Å². The molecule has 0 saturated heterocycles. The molecule has 2 saturated carbocycles. The SMILES string of the molecule is CCCCOC(=O)Oc1ccc([C@@H]2CC[C@]3(C)[C@H](CC[C@H]3OC(=O)OCCCSCCOCCSC)C2)c(CCC)c1. The Morgan fingerprint density at radius 2 is 1.71 bits per heavy atom. The fourth-order valence-corrected chi connectivity index (χ4v) is 7.38. The molecule has 42 heavy (non-hydrogen) atoms. The van der Waals surface area contributed by atoms with E-state index in [0.717, 1.165) is 94.7 Å². The molecule has 2 aliphatic carbocycles. The predicted octanol–water partition coefficient (Wildman–Crippen LogP) is 8.66. The molecule has 0 radical (unpaired) electrons. The van der Waals surface area contributed by atoms with Gasteiger partial charge in [-0.05, 0) is 98.5 Å². The Morgan fingerprint density at radius 1 is 0.929 bits per heavy atom. The average Bonchev–Trinajstić information content (AvgIpc) is 3.29. The first-order chi connectivity index (χ1) is 20.4. The van der Waals surface area contributed by atoms with Crippen LogP contribution in [0.25, 0.3) is 0 Å². The summed E-state index contributed by atoms with van der Waals surface area (Å²) in [6.07, 6.45) is 10.5. The van der Waals surface area contributed by atoms with Gasteiger partial charge < -0.3 is 23.7 Å². The van der Waals surface area contributed by atoms with Crippen LogP contribution in [0.1, 0.15) is 95.6 Å². The Bertz CT molecular complexity index is 958. The van der Waals surface area contributed by atoms with Crippen LogP contribution in [0.5, 0.6) is 5.75 Å². The van der Waals surface area contributed by atoms with Crippen LogP contribution in [0.3, 0.4) is 0 Å². The Hall–Kier alpha value is -1.58. The van der Waals surface area contributed by atoms with Crippen molar-refractivity contribution in [2.75, 3.05) is 49.9 Å². The fraction of sp³-hybridized carbons (Fsp3) is 0.758. The maximum Gasteiger partial charge on any atom is 0.513 e. The van der Waals surface area contributed by atoms with Crippen molar-refractivity contribution in [3.05, 3.63) is 29.3 Å². The van der Waals surface area contributed by atoms with Crippen molar-refractivity contribution in [3.8, 4) is 5.75 Å². The lowest BCUT2D eigenvalue weighted by molar-refractivity contribution is -0.0384. The van der Waals surface area contributed by atoms with Crippen LogP contribution >= 0.6 is 23.5 Å². The van der Waals surface area contributed by atoms with E-state index in [1.54, 1.807) is 11.8 Å². The lowest BCUT2D eigenvalue weighted by Crippen LogP contribution is -2.39. The average molecular weight is 625 g/mol. The maximum absolute atomic E-state index is 12.5. The number of unbranched alkanes of at least 4 members (excludes halogenated alkanes) is 1. The molecule has 3 rings (SSSR count). The molecule has 0 spiro atoms. The summed E-state index contributed by atoms with van der Waals surface area (Å²) in [4.78, 5) is 24.6. The Balaban J connectivity index is 1.44. The van der Waals surface area contributed by atoms with Crippen LogP contribution < -0.4 is 4.74 Å². The van der Waals surface area contributed by atoms with Gasteiger partial charge in [0.05, 0.1) is 26.4 Å². The summed E-state index contributed by atoms with van der Waals surface area (Å²) in [6.45, 7) is 8.88. The molecule has 0 aliphatic heterocycles. The van der Waals surface area contributed by atoms with Crippen molar-refractivity contribution in [2.45, 2.75) is 97.0 Å². The van der Waals surface area contributed by atoms with Gasteiger partial charge in [-0.2, -0.15) is 23.5 Å². The van der Waals surface area contributed by atoms with E-state index in [0.29, 0.717) is 30.8 Å². The number of carbonyl (C=O) groups is 2. The minimum Gasteiger partial charge on any atom is -0.434 e. The molecule has 1 aromatic rings. The molecule has 0 amide bonds. The molecular formula is C33H52O7S2. The highest BCUT2D eigenvalue weighted by Crippen LogP contribution is 2.57. The molecule has 0 aromatic heterocycles. The zero-order chi connectivity index (χ0) is 30.2. The highest BCUT2D eigenvalue weighted by Gasteiger charge is 2.51. The van der Waals surface area contributed by atoms with E-state index < -0.39 is 12.3 Å². The Kier molecular flexibility index (Phi) is 15.7. The molecule has 238 valence electrons. The molecule has 2 fully saturated rings. The van der Waals surface area contributed by atoms with E-state index in [1.165, 1.54) is 11.1 Å². The van der Waals surface area contributed by atoms with Gasteiger partial charge in [-0.3, -0.25) is 0 Å². The number of benzene rings is 1. The molecule has 9 heteroatoms. The van der Waals surface area contributed by atoms with Gasteiger partial charge >= 0.3 is 12.3 Å². The summed E-state index contributed by atoms with van der Waals surface area (Å²) < 4.78 is 27.5. The molecule has 4 atom stereocenters. The van der Waals surface area contributed by atoms with E-state index in [2.05, 4.69) is 33.1 Å². The third-order valence-electron chi connectivity index (χ3n) is 8.73. The van der Waals surface area contributed by atoms with Crippen molar-refractivity contribution in [1.29, 1.82) is 0 Å². The molecular weight excluding hydrogens is 572 g/mol. The number of rotatable bonds is 18. The maximum atomic E-state index is 12.5. The fourth-order valence-electron chi connectivity index (χ4n) is 6.34. The molecule has 1 aromatic carbocycles. The third-order valence-corrected chi connectivity index (χ3v) is 10.3. The number of aryl methyl sites for hydroxylation is 1. The summed E-state index contributed by atoms with van der Waals surface area (Å²) in [5, 5.41) is 0. The second-order valence-corrected chi connectivity index (χ2v) is 13.9. The van der Waals surface area contributed by atoms with Crippen LogP contribution in [-0.4, -0.2) is 68.4 Å². The third kappa shape index (κ3) is 10.8. The van der Waals surface area contributed by atoms with Crippen LogP contribution in [0.15, 0.2) is 18.2 Å². The number of thioether (sulfide) groups is 2. The molecule has 0 bridgehead atoms. The van der Waals surface area contributed by atoms with Crippen LogP contribution in [0.2, 0.25) is 0 Å². The van der Waals surface area contributed by atoms with Gasteiger partial charge in [-0.1, -0.05) is 39.7 Å². The van der Waals surface area contributed by atoms with E-state index in [-0.39, 0.29) is 11.5 Å². The van der Waals surface area contributed by atoms with Crippen LogP contribution in [-0.2, 0) is 25.4 Å². The Morgan fingerprint density at radius 3 is 2.50 bits per heavy atom. The van der Waals surface area contributed by atoms with E-state index in [4.69, 9.17) is 23.7 Å². The van der Waals surface area contributed by atoms with Gasteiger partial charge in [0.2, 0.25) is 0 Å².